The molecule has 30 heavy (non-hydrogen) atoms. The van der Waals surface area contributed by atoms with Gasteiger partial charge in [-0.15, -0.1) is 0 Å². The van der Waals surface area contributed by atoms with E-state index in [9.17, 15) is 4.39 Å². The molecule has 1 aromatic heterocycles. The molecule has 0 saturated carbocycles. The van der Waals surface area contributed by atoms with Gasteiger partial charge in [-0.05, 0) is 48.4 Å². The predicted octanol–water partition coefficient (Wildman–Crippen LogP) is 6.62. The van der Waals surface area contributed by atoms with Gasteiger partial charge in [0.1, 0.15) is 11.9 Å². The first kappa shape index (κ1) is 20.8. The topological polar surface area (TPSA) is 60.2 Å². The number of hydrogen-bond acceptors (Lipinski definition) is 4. The lowest BCUT2D eigenvalue weighted by atomic mass is 9.85. The highest BCUT2D eigenvalue weighted by Gasteiger charge is 2.29. The van der Waals surface area contributed by atoms with E-state index in [-0.39, 0.29) is 16.3 Å². The third-order valence-electron chi connectivity index (χ3n) is 5.47. The first-order valence-corrected chi connectivity index (χ1v) is 10.4. The minimum atomic E-state index is -0.622. The number of benzene rings is 2. The van der Waals surface area contributed by atoms with E-state index < -0.39 is 11.9 Å². The van der Waals surface area contributed by atoms with E-state index in [0.717, 1.165) is 23.4 Å². The predicted molar refractivity (Wildman–Crippen MR) is 121 cm³/mol. The van der Waals surface area contributed by atoms with Crippen molar-refractivity contribution < 1.29 is 9.13 Å². The average Bonchev–Trinajstić information content (AvgIpc) is 3.01. The summed E-state index contributed by atoms with van der Waals surface area (Å²) in [6, 6.07) is 10.8. The molecule has 0 aliphatic carbocycles. The molecule has 3 aromatic rings. The summed E-state index contributed by atoms with van der Waals surface area (Å²) in [5.74, 6) is 0.0624. The number of hydrogen-bond donors (Lipinski definition) is 2. The van der Waals surface area contributed by atoms with Crippen molar-refractivity contribution in [2.45, 2.75) is 32.3 Å². The monoisotopic (exact) mass is 445 g/mol. The van der Waals surface area contributed by atoms with E-state index in [2.05, 4.69) is 36.3 Å². The highest BCUT2D eigenvalue weighted by Crippen LogP contribution is 2.40. The molecule has 4 rings (SSSR count). The van der Waals surface area contributed by atoms with Gasteiger partial charge in [-0.3, -0.25) is 0 Å². The molecule has 0 radical (unpaired) electrons. The summed E-state index contributed by atoms with van der Waals surface area (Å²) in [4.78, 5) is 4.29. The van der Waals surface area contributed by atoms with Crippen LogP contribution in [-0.2, 0) is 5.41 Å². The number of nitrogen functional groups attached to an aromatic ring is 1. The van der Waals surface area contributed by atoms with Gasteiger partial charge in [-0.1, -0.05) is 43.1 Å². The van der Waals surface area contributed by atoms with Crippen LogP contribution in [0.3, 0.4) is 0 Å². The van der Waals surface area contributed by atoms with Gasteiger partial charge >= 0.3 is 0 Å². The summed E-state index contributed by atoms with van der Waals surface area (Å²) in [6.45, 7) is 7.05. The van der Waals surface area contributed by atoms with Crippen molar-refractivity contribution in [2.24, 2.45) is 0 Å². The van der Waals surface area contributed by atoms with E-state index in [1.54, 1.807) is 13.1 Å². The summed E-state index contributed by atoms with van der Waals surface area (Å²) < 4.78 is 19.9. The zero-order valence-electron chi connectivity index (χ0n) is 16.9. The Morgan fingerprint density at radius 2 is 1.93 bits per heavy atom. The van der Waals surface area contributed by atoms with Crippen LogP contribution in [0.25, 0.3) is 11.1 Å². The second-order valence-electron chi connectivity index (χ2n) is 8.12. The Labute approximate surface area is 185 Å². The van der Waals surface area contributed by atoms with Crippen LogP contribution >= 0.6 is 23.2 Å². The number of rotatable bonds is 4. The van der Waals surface area contributed by atoms with Crippen molar-refractivity contribution in [2.75, 3.05) is 17.6 Å². The van der Waals surface area contributed by atoms with Gasteiger partial charge in [-0.2, -0.15) is 0 Å². The van der Waals surface area contributed by atoms with Crippen LogP contribution in [0.4, 0.5) is 15.9 Å². The number of anilines is 2. The van der Waals surface area contributed by atoms with Crippen molar-refractivity contribution in [3.05, 3.63) is 69.6 Å². The molecular formula is C23H22Cl2FN3O. The number of halogens is 3. The van der Waals surface area contributed by atoms with E-state index in [4.69, 9.17) is 33.7 Å². The standard InChI is InChI=1S/C23H22Cl2FN3O/c1-12(20-16(24)5-6-17(26)21(20)25)30-19-9-14(10-28-22(19)27)13-4-7-18-15(8-13)23(2,3)11-29-18/h4-10,12,29H,11H2,1-3H3,(H2,27,28). The normalized spacial score (nSPS) is 15.4. The maximum Gasteiger partial charge on any atom is 0.166 e. The first-order valence-electron chi connectivity index (χ1n) is 9.62. The third-order valence-corrected chi connectivity index (χ3v) is 6.19. The van der Waals surface area contributed by atoms with Crippen LogP contribution in [0, 0.1) is 5.82 Å². The quantitative estimate of drug-likeness (QED) is 0.442. The highest BCUT2D eigenvalue weighted by atomic mass is 35.5. The molecule has 2 aromatic carbocycles. The van der Waals surface area contributed by atoms with E-state index >= 15 is 0 Å². The minimum absolute atomic E-state index is 0.0469. The summed E-state index contributed by atoms with van der Waals surface area (Å²) >= 11 is 12.3. The molecule has 1 aliphatic heterocycles. The van der Waals surface area contributed by atoms with Gasteiger partial charge in [0, 0.05) is 40.0 Å². The Morgan fingerprint density at radius 1 is 1.17 bits per heavy atom. The molecule has 1 unspecified atom stereocenters. The van der Waals surface area contributed by atoms with E-state index in [0.29, 0.717) is 16.3 Å². The Morgan fingerprint density at radius 3 is 2.70 bits per heavy atom. The van der Waals surface area contributed by atoms with Gasteiger partial charge in [0.15, 0.2) is 11.6 Å². The summed E-state index contributed by atoms with van der Waals surface area (Å²) in [7, 11) is 0. The number of pyridine rings is 1. The zero-order valence-corrected chi connectivity index (χ0v) is 18.4. The Hall–Kier alpha value is -2.50. The van der Waals surface area contributed by atoms with Gasteiger partial charge in [0.25, 0.3) is 0 Å². The van der Waals surface area contributed by atoms with Crippen LogP contribution in [0.1, 0.15) is 38.0 Å². The molecule has 0 saturated heterocycles. The molecule has 1 atom stereocenters. The minimum Gasteiger partial charge on any atom is -0.482 e. The number of nitrogens with two attached hydrogens (primary N) is 1. The molecule has 0 bridgehead atoms. The Balaban J connectivity index is 1.68. The van der Waals surface area contributed by atoms with Crippen molar-refractivity contribution in [3.8, 4) is 16.9 Å². The Bertz CT molecular complexity index is 1130. The second-order valence-corrected chi connectivity index (χ2v) is 8.91. The van der Waals surface area contributed by atoms with Crippen molar-refractivity contribution in [3.63, 3.8) is 0 Å². The molecule has 0 fully saturated rings. The highest BCUT2D eigenvalue weighted by molar-refractivity contribution is 6.36. The smallest absolute Gasteiger partial charge is 0.166 e. The first-order chi connectivity index (χ1) is 14.2. The van der Waals surface area contributed by atoms with E-state index in [1.165, 1.54) is 17.7 Å². The number of nitrogens with one attached hydrogen (secondary N) is 1. The maximum atomic E-state index is 13.9. The lowest BCUT2D eigenvalue weighted by Gasteiger charge is -2.20. The van der Waals surface area contributed by atoms with Crippen LogP contribution in [0.5, 0.6) is 5.75 Å². The number of aromatic nitrogens is 1. The molecule has 2 heterocycles. The number of nitrogens with zero attached hydrogens (tertiary/aromatic N) is 1. The molecule has 7 heteroatoms. The summed E-state index contributed by atoms with van der Waals surface area (Å²) in [5, 5.41) is 3.69. The zero-order chi connectivity index (χ0) is 21.6. The number of fused-ring (bicyclic) bond motifs is 1. The second kappa shape index (κ2) is 7.64. The van der Waals surface area contributed by atoms with Crippen LogP contribution in [-0.4, -0.2) is 11.5 Å². The lowest BCUT2D eigenvalue weighted by Crippen LogP contribution is -2.18. The Kier molecular flexibility index (Phi) is 5.28. The maximum absolute atomic E-state index is 13.9. The SMILES string of the molecule is CC(Oc1cc(-c2ccc3c(c2)C(C)(C)CN3)cnc1N)c1c(Cl)ccc(F)c1Cl. The van der Waals surface area contributed by atoms with E-state index in [1.807, 2.05) is 12.1 Å². The van der Waals surface area contributed by atoms with Crippen molar-refractivity contribution >= 4 is 34.7 Å². The molecule has 156 valence electrons. The summed E-state index contributed by atoms with van der Waals surface area (Å²) in [6.07, 6.45) is 1.09. The fraction of sp³-hybridized carbons (Fsp3) is 0.261. The fourth-order valence-electron chi connectivity index (χ4n) is 3.72. The van der Waals surface area contributed by atoms with Crippen molar-refractivity contribution in [1.82, 2.24) is 4.98 Å². The third kappa shape index (κ3) is 3.68. The molecule has 4 nitrogen and oxygen atoms in total. The lowest BCUT2D eigenvalue weighted by molar-refractivity contribution is 0.227. The average molecular weight is 446 g/mol. The largest absolute Gasteiger partial charge is 0.482 e. The van der Waals surface area contributed by atoms with Crippen molar-refractivity contribution in [1.29, 1.82) is 0 Å². The summed E-state index contributed by atoms with van der Waals surface area (Å²) in [5.41, 5.74) is 10.7. The molecule has 1 aliphatic rings. The number of ether oxygens (including phenoxy) is 1. The van der Waals surface area contributed by atoms with Gasteiger partial charge in [0.05, 0.1) is 5.02 Å². The molecule has 0 amide bonds. The van der Waals surface area contributed by atoms with Crippen LogP contribution in [0.15, 0.2) is 42.6 Å². The molecule has 3 N–H and O–H groups in total. The van der Waals surface area contributed by atoms with Gasteiger partial charge in [0.2, 0.25) is 0 Å². The van der Waals surface area contributed by atoms with Gasteiger partial charge in [-0.25, -0.2) is 9.37 Å². The fourth-order valence-corrected chi connectivity index (χ4v) is 4.40. The molecule has 0 spiro atoms. The van der Waals surface area contributed by atoms with Gasteiger partial charge < -0.3 is 15.8 Å². The van der Waals surface area contributed by atoms with Crippen LogP contribution in [0.2, 0.25) is 10.0 Å². The van der Waals surface area contributed by atoms with Crippen LogP contribution < -0.4 is 15.8 Å². The molecular weight excluding hydrogens is 424 g/mol.